The summed E-state index contributed by atoms with van der Waals surface area (Å²) in [6.45, 7) is 2.11. The van der Waals surface area contributed by atoms with E-state index in [9.17, 15) is 14.7 Å². The van der Waals surface area contributed by atoms with E-state index in [4.69, 9.17) is 0 Å². The van der Waals surface area contributed by atoms with Gasteiger partial charge < -0.3 is 15.7 Å². The second kappa shape index (κ2) is 6.64. The Kier molecular flexibility index (Phi) is 5.08. The Labute approximate surface area is 137 Å². The highest BCUT2D eigenvalue weighted by Crippen LogP contribution is 2.32. The van der Waals surface area contributed by atoms with Crippen LogP contribution in [0.2, 0.25) is 0 Å². The fourth-order valence-electron chi connectivity index (χ4n) is 2.59. The normalized spacial score (nSPS) is 25.1. The number of anilines is 1. The van der Waals surface area contributed by atoms with Gasteiger partial charge in [-0.25, -0.2) is 9.59 Å². The first-order valence-corrected chi connectivity index (χ1v) is 8.07. The summed E-state index contributed by atoms with van der Waals surface area (Å²) in [6, 6.07) is 6.90. The number of amides is 2. The molecule has 0 aromatic heterocycles. The van der Waals surface area contributed by atoms with Gasteiger partial charge in [-0.1, -0.05) is 13.0 Å². The molecule has 0 heterocycles. The molecule has 1 aliphatic rings. The monoisotopic (exact) mass is 402 g/mol. The molecule has 1 aliphatic carbocycles. The highest BCUT2D eigenvalue weighted by molar-refractivity contribution is 14.1. The molecule has 1 aromatic carbocycles. The van der Waals surface area contributed by atoms with Gasteiger partial charge in [-0.05, 0) is 72.4 Å². The minimum Gasteiger partial charge on any atom is -0.480 e. The van der Waals surface area contributed by atoms with Crippen LogP contribution in [0, 0.1) is 9.49 Å². The Morgan fingerprint density at radius 2 is 2.00 bits per heavy atom. The number of hydrogen-bond acceptors (Lipinski definition) is 2. The fourth-order valence-corrected chi connectivity index (χ4v) is 3.14. The summed E-state index contributed by atoms with van der Waals surface area (Å²) in [6.07, 6.45) is 2.58. The molecule has 21 heavy (non-hydrogen) atoms. The number of carboxylic acids is 1. The van der Waals surface area contributed by atoms with Crippen LogP contribution in [0.4, 0.5) is 10.5 Å². The number of hydrogen-bond donors (Lipinski definition) is 3. The predicted octanol–water partition coefficient (Wildman–Crippen LogP) is 3.45. The Morgan fingerprint density at radius 3 is 2.57 bits per heavy atom. The van der Waals surface area contributed by atoms with Crippen molar-refractivity contribution in [1.29, 1.82) is 0 Å². The van der Waals surface area contributed by atoms with E-state index in [0.717, 1.165) is 16.4 Å². The zero-order chi connectivity index (χ0) is 15.5. The largest absolute Gasteiger partial charge is 0.480 e. The van der Waals surface area contributed by atoms with Crippen molar-refractivity contribution in [3.63, 3.8) is 0 Å². The molecule has 5 nitrogen and oxygen atoms in total. The van der Waals surface area contributed by atoms with E-state index in [-0.39, 0.29) is 0 Å². The molecular weight excluding hydrogens is 383 g/mol. The minimum atomic E-state index is -1.14. The van der Waals surface area contributed by atoms with Crippen LogP contribution < -0.4 is 10.6 Å². The maximum atomic E-state index is 12.1. The summed E-state index contributed by atoms with van der Waals surface area (Å²) in [4.78, 5) is 23.7. The van der Waals surface area contributed by atoms with Gasteiger partial charge in [0.15, 0.2) is 0 Å². The molecule has 1 aromatic rings. The molecule has 0 aliphatic heterocycles. The summed E-state index contributed by atoms with van der Waals surface area (Å²) in [7, 11) is 0. The van der Waals surface area contributed by atoms with Crippen LogP contribution in [0.5, 0.6) is 0 Å². The molecule has 0 saturated heterocycles. The van der Waals surface area contributed by atoms with Gasteiger partial charge in [0.1, 0.15) is 5.54 Å². The van der Waals surface area contributed by atoms with Crippen LogP contribution in [0.3, 0.4) is 0 Å². The number of urea groups is 1. The van der Waals surface area contributed by atoms with Gasteiger partial charge in [0.2, 0.25) is 0 Å². The number of aliphatic carboxylic acids is 1. The molecule has 3 N–H and O–H groups in total. The number of benzene rings is 1. The first-order valence-electron chi connectivity index (χ1n) is 6.99. The molecule has 1 saturated carbocycles. The standard InChI is InChI=1S/C15H19IN2O3/c1-10-5-7-15(8-6-10,13(19)20)18-14(21)17-12-4-2-3-11(16)9-12/h2-4,9-10H,5-8H2,1H3,(H,19,20)(H2,17,18,21). The second-order valence-corrected chi connectivity index (χ2v) is 6.90. The number of carboxylic acid groups (broad SMARTS) is 1. The van der Waals surface area contributed by atoms with Crippen LogP contribution in [0.1, 0.15) is 32.6 Å². The van der Waals surface area contributed by atoms with Crippen molar-refractivity contribution >= 4 is 40.3 Å². The molecule has 0 unspecified atom stereocenters. The van der Waals surface area contributed by atoms with Crippen LogP contribution in [-0.2, 0) is 4.79 Å². The van der Waals surface area contributed by atoms with Crippen molar-refractivity contribution in [2.24, 2.45) is 5.92 Å². The lowest BCUT2D eigenvalue weighted by Gasteiger charge is -2.36. The third-order valence-electron chi connectivity index (χ3n) is 3.97. The number of halogens is 1. The van der Waals surface area contributed by atoms with E-state index in [1.54, 1.807) is 6.07 Å². The third-order valence-corrected chi connectivity index (χ3v) is 4.64. The summed E-state index contributed by atoms with van der Waals surface area (Å²) in [5.41, 5.74) is -0.484. The highest BCUT2D eigenvalue weighted by atomic mass is 127. The van der Waals surface area contributed by atoms with E-state index >= 15 is 0 Å². The zero-order valence-corrected chi connectivity index (χ0v) is 14.0. The van der Waals surface area contributed by atoms with Gasteiger partial charge in [0.05, 0.1) is 0 Å². The average molecular weight is 402 g/mol. The van der Waals surface area contributed by atoms with Crippen LogP contribution in [0.25, 0.3) is 0 Å². The van der Waals surface area contributed by atoms with Crippen molar-refractivity contribution in [3.05, 3.63) is 27.8 Å². The van der Waals surface area contributed by atoms with E-state index in [1.807, 2.05) is 18.2 Å². The number of carbonyl (C=O) groups is 2. The summed E-state index contributed by atoms with van der Waals surface area (Å²) < 4.78 is 1.00. The van der Waals surface area contributed by atoms with Gasteiger partial charge in [-0.3, -0.25) is 0 Å². The lowest BCUT2D eigenvalue weighted by molar-refractivity contribution is -0.146. The SMILES string of the molecule is CC1CCC(NC(=O)Nc2cccc(I)c2)(C(=O)O)CC1. The van der Waals surface area contributed by atoms with E-state index in [0.29, 0.717) is 24.4 Å². The third kappa shape index (κ3) is 4.09. The quantitative estimate of drug-likeness (QED) is 0.678. The van der Waals surface area contributed by atoms with Crippen LogP contribution in [0.15, 0.2) is 24.3 Å². The number of rotatable bonds is 3. The Hall–Kier alpha value is -1.31. The topological polar surface area (TPSA) is 78.4 Å². The minimum absolute atomic E-state index is 0.464. The maximum Gasteiger partial charge on any atom is 0.329 e. The second-order valence-electron chi connectivity index (χ2n) is 5.66. The van der Waals surface area contributed by atoms with E-state index in [1.165, 1.54) is 0 Å². The van der Waals surface area contributed by atoms with E-state index < -0.39 is 17.5 Å². The van der Waals surface area contributed by atoms with Crippen molar-refractivity contribution in [1.82, 2.24) is 5.32 Å². The predicted molar refractivity (Wildman–Crippen MR) is 89.3 cm³/mol. The first kappa shape index (κ1) is 16.1. The van der Waals surface area contributed by atoms with Crippen molar-refractivity contribution in [2.45, 2.75) is 38.1 Å². The molecular formula is C15H19IN2O3. The fraction of sp³-hybridized carbons (Fsp3) is 0.467. The molecule has 6 heteroatoms. The zero-order valence-electron chi connectivity index (χ0n) is 11.9. The van der Waals surface area contributed by atoms with Crippen molar-refractivity contribution in [2.75, 3.05) is 5.32 Å². The summed E-state index contributed by atoms with van der Waals surface area (Å²) >= 11 is 2.16. The molecule has 114 valence electrons. The lowest BCUT2D eigenvalue weighted by atomic mass is 9.77. The molecule has 0 bridgehead atoms. The first-order chi connectivity index (χ1) is 9.91. The molecule has 2 rings (SSSR count). The maximum absolute atomic E-state index is 12.1. The number of nitrogens with one attached hydrogen (secondary N) is 2. The smallest absolute Gasteiger partial charge is 0.329 e. The van der Waals surface area contributed by atoms with Crippen LogP contribution >= 0.6 is 22.6 Å². The van der Waals surface area contributed by atoms with Gasteiger partial charge >= 0.3 is 12.0 Å². The van der Waals surface area contributed by atoms with Gasteiger partial charge in [-0.15, -0.1) is 0 Å². The van der Waals surface area contributed by atoms with Crippen LogP contribution in [-0.4, -0.2) is 22.6 Å². The molecule has 1 fully saturated rings. The van der Waals surface area contributed by atoms with Crippen molar-refractivity contribution in [3.8, 4) is 0 Å². The molecule has 0 radical (unpaired) electrons. The van der Waals surface area contributed by atoms with Gasteiger partial charge in [-0.2, -0.15) is 0 Å². The average Bonchev–Trinajstić information content (AvgIpc) is 2.41. The Balaban J connectivity index is 2.04. The number of carbonyl (C=O) groups excluding carboxylic acids is 1. The Morgan fingerprint density at radius 1 is 1.33 bits per heavy atom. The van der Waals surface area contributed by atoms with Crippen molar-refractivity contribution < 1.29 is 14.7 Å². The molecule has 0 spiro atoms. The lowest BCUT2D eigenvalue weighted by Crippen LogP contribution is -2.57. The summed E-state index contributed by atoms with van der Waals surface area (Å²) in [5.74, 6) is -0.440. The Bertz CT molecular complexity index is 539. The summed E-state index contributed by atoms with van der Waals surface area (Å²) in [5, 5.41) is 14.9. The van der Waals surface area contributed by atoms with E-state index in [2.05, 4.69) is 40.1 Å². The van der Waals surface area contributed by atoms with Gasteiger partial charge in [0.25, 0.3) is 0 Å². The van der Waals surface area contributed by atoms with Gasteiger partial charge in [0, 0.05) is 9.26 Å². The highest BCUT2D eigenvalue weighted by Gasteiger charge is 2.42. The molecule has 0 atom stereocenters. The molecule has 2 amide bonds.